The van der Waals surface area contributed by atoms with Gasteiger partial charge in [0.05, 0.1) is 12.2 Å². The topological polar surface area (TPSA) is 98.6 Å². The first-order valence-electron chi connectivity index (χ1n) is 11.5. The number of amides is 2. The molecule has 2 aromatic rings. The molecule has 0 atom stereocenters. The van der Waals surface area contributed by atoms with E-state index < -0.39 is 0 Å². The number of hydrogen-bond donors (Lipinski definition) is 1. The number of aryl methyl sites for hydroxylation is 1. The third-order valence-electron chi connectivity index (χ3n) is 6.29. The second-order valence-corrected chi connectivity index (χ2v) is 8.32. The first-order chi connectivity index (χ1) is 15.6. The highest BCUT2D eigenvalue weighted by molar-refractivity contribution is 5.91. The quantitative estimate of drug-likeness (QED) is 0.676. The van der Waals surface area contributed by atoms with Crippen molar-refractivity contribution in [2.75, 3.05) is 19.9 Å². The first-order valence-corrected chi connectivity index (χ1v) is 11.5. The van der Waals surface area contributed by atoms with Gasteiger partial charge in [-0.25, -0.2) is 4.68 Å². The highest BCUT2D eigenvalue weighted by atomic mass is 16.7. The molecular formula is C23H31N5O4. The van der Waals surface area contributed by atoms with E-state index in [9.17, 15) is 9.59 Å². The maximum Gasteiger partial charge on any atom is 0.276 e. The molecule has 1 fully saturated rings. The molecular weight excluding hydrogens is 410 g/mol. The van der Waals surface area contributed by atoms with Gasteiger partial charge in [0.1, 0.15) is 0 Å². The Morgan fingerprint density at radius 2 is 1.88 bits per heavy atom. The minimum absolute atomic E-state index is 0.0685. The monoisotopic (exact) mass is 441 g/mol. The molecule has 0 bridgehead atoms. The fraction of sp³-hybridized carbons (Fsp3) is 0.565. The van der Waals surface area contributed by atoms with Crippen molar-refractivity contribution in [3.05, 3.63) is 35.7 Å². The molecule has 1 N–H and O–H groups in total. The Kier molecular flexibility index (Phi) is 6.92. The largest absolute Gasteiger partial charge is 0.454 e. The number of hydrogen-bond acceptors (Lipinski definition) is 6. The van der Waals surface area contributed by atoms with Crippen LogP contribution in [-0.4, -0.2) is 57.6 Å². The van der Waals surface area contributed by atoms with Gasteiger partial charge in [-0.2, -0.15) is 0 Å². The molecule has 1 aromatic heterocycles. The van der Waals surface area contributed by atoms with Crippen LogP contribution in [0.4, 0.5) is 0 Å². The predicted octanol–water partition coefficient (Wildman–Crippen LogP) is 2.72. The SMILES string of the molecule is CCN(CC)C(=O)c1cn(C2CCC(NC(=O)CCc3ccc4c(c3)OCO4)CC2)nn1. The van der Waals surface area contributed by atoms with Gasteiger partial charge in [0.25, 0.3) is 5.91 Å². The van der Waals surface area contributed by atoms with Crippen LogP contribution >= 0.6 is 0 Å². The molecule has 0 spiro atoms. The molecule has 0 saturated heterocycles. The van der Waals surface area contributed by atoms with E-state index in [-0.39, 0.29) is 30.7 Å². The number of fused-ring (bicyclic) bond motifs is 1. The summed E-state index contributed by atoms with van der Waals surface area (Å²) in [5.41, 5.74) is 1.46. The summed E-state index contributed by atoms with van der Waals surface area (Å²) in [4.78, 5) is 26.6. The van der Waals surface area contributed by atoms with E-state index in [1.807, 2.05) is 36.7 Å². The van der Waals surface area contributed by atoms with Gasteiger partial charge in [-0.05, 0) is 63.6 Å². The van der Waals surface area contributed by atoms with Crippen LogP contribution in [0, 0.1) is 0 Å². The molecule has 2 aliphatic rings. The summed E-state index contributed by atoms with van der Waals surface area (Å²) in [5.74, 6) is 1.49. The van der Waals surface area contributed by atoms with Crippen molar-refractivity contribution in [1.82, 2.24) is 25.2 Å². The molecule has 0 unspecified atom stereocenters. The Balaban J connectivity index is 1.22. The average molecular weight is 442 g/mol. The molecule has 32 heavy (non-hydrogen) atoms. The van der Waals surface area contributed by atoms with Gasteiger partial charge >= 0.3 is 0 Å². The molecule has 1 saturated carbocycles. The van der Waals surface area contributed by atoms with Gasteiger partial charge in [0.15, 0.2) is 17.2 Å². The number of nitrogens with one attached hydrogen (secondary N) is 1. The van der Waals surface area contributed by atoms with E-state index in [1.54, 1.807) is 11.1 Å². The average Bonchev–Trinajstić information content (AvgIpc) is 3.48. The van der Waals surface area contributed by atoms with Crippen LogP contribution in [0.2, 0.25) is 0 Å². The molecule has 2 heterocycles. The second-order valence-electron chi connectivity index (χ2n) is 8.32. The van der Waals surface area contributed by atoms with Gasteiger partial charge in [-0.3, -0.25) is 9.59 Å². The predicted molar refractivity (Wildman–Crippen MR) is 118 cm³/mol. The molecule has 4 rings (SSSR count). The van der Waals surface area contributed by atoms with Crippen LogP contribution in [0.3, 0.4) is 0 Å². The van der Waals surface area contributed by atoms with Crippen LogP contribution in [0.25, 0.3) is 0 Å². The normalized spacial score (nSPS) is 19.6. The van der Waals surface area contributed by atoms with Crippen molar-refractivity contribution in [2.24, 2.45) is 0 Å². The summed E-state index contributed by atoms with van der Waals surface area (Å²) < 4.78 is 12.5. The maximum atomic E-state index is 12.4. The summed E-state index contributed by atoms with van der Waals surface area (Å²) in [6.45, 7) is 5.47. The van der Waals surface area contributed by atoms with E-state index in [0.717, 1.165) is 42.7 Å². The number of benzene rings is 1. The minimum atomic E-state index is -0.0790. The first kappa shape index (κ1) is 22.1. The van der Waals surface area contributed by atoms with Crippen LogP contribution in [-0.2, 0) is 11.2 Å². The molecule has 2 amide bonds. The Hall–Kier alpha value is -3.10. The fourth-order valence-corrected chi connectivity index (χ4v) is 4.36. The highest BCUT2D eigenvalue weighted by Gasteiger charge is 2.26. The number of ether oxygens (including phenoxy) is 2. The molecule has 1 aliphatic carbocycles. The third-order valence-corrected chi connectivity index (χ3v) is 6.29. The number of aromatic nitrogens is 3. The standard InChI is InChI=1S/C23H31N5O4/c1-3-27(4-2)23(30)19-14-28(26-25-19)18-9-7-17(8-10-18)24-22(29)12-6-16-5-11-20-21(13-16)32-15-31-20/h5,11,13-14,17-18H,3-4,6-10,12,15H2,1-2H3,(H,24,29). The zero-order valence-electron chi connectivity index (χ0n) is 18.7. The lowest BCUT2D eigenvalue weighted by Crippen LogP contribution is -2.38. The van der Waals surface area contributed by atoms with E-state index in [2.05, 4.69) is 15.6 Å². The van der Waals surface area contributed by atoms with Gasteiger partial charge in [-0.15, -0.1) is 5.10 Å². The number of carbonyl (C=O) groups is 2. The lowest BCUT2D eigenvalue weighted by Gasteiger charge is -2.29. The summed E-state index contributed by atoms with van der Waals surface area (Å²) in [5, 5.41) is 11.4. The minimum Gasteiger partial charge on any atom is -0.454 e. The van der Waals surface area contributed by atoms with E-state index in [4.69, 9.17) is 9.47 Å². The van der Waals surface area contributed by atoms with E-state index in [0.29, 0.717) is 31.6 Å². The van der Waals surface area contributed by atoms with Crippen LogP contribution in [0.5, 0.6) is 11.5 Å². The van der Waals surface area contributed by atoms with Crippen molar-refractivity contribution in [1.29, 1.82) is 0 Å². The Morgan fingerprint density at radius 3 is 2.62 bits per heavy atom. The summed E-state index contributed by atoms with van der Waals surface area (Å²) >= 11 is 0. The highest BCUT2D eigenvalue weighted by Crippen LogP contribution is 2.33. The van der Waals surface area contributed by atoms with Crippen molar-refractivity contribution < 1.29 is 19.1 Å². The van der Waals surface area contributed by atoms with Gasteiger partial charge in [-0.1, -0.05) is 11.3 Å². The van der Waals surface area contributed by atoms with Crippen LogP contribution in [0.15, 0.2) is 24.4 Å². The fourth-order valence-electron chi connectivity index (χ4n) is 4.36. The van der Waals surface area contributed by atoms with Crippen LogP contribution in [0.1, 0.15) is 68.0 Å². The zero-order valence-corrected chi connectivity index (χ0v) is 18.7. The molecule has 9 nitrogen and oxygen atoms in total. The van der Waals surface area contributed by atoms with Crippen molar-refractivity contribution in [3.63, 3.8) is 0 Å². The number of nitrogens with zero attached hydrogens (tertiary/aromatic N) is 4. The second kappa shape index (κ2) is 10.0. The van der Waals surface area contributed by atoms with Crippen molar-refractivity contribution >= 4 is 11.8 Å². The molecule has 172 valence electrons. The van der Waals surface area contributed by atoms with Crippen LogP contribution < -0.4 is 14.8 Å². The molecule has 9 heteroatoms. The summed E-state index contributed by atoms with van der Waals surface area (Å²) in [6.07, 6.45) is 6.44. The number of rotatable bonds is 8. The van der Waals surface area contributed by atoms with Gasteiger partial charge in [0, 0.05) is 25.6 Å². The van der Waals surface area contributed by atoms with Gasteiger partial charge < -0.3 is 19.7 Å². The number of carbonyl (C=O) groups excluding carboxylic acids is 2. The lowest BCUT2D eigenvalue weighted by atomic mass is 9.91. The molecule has 1 aromatic carbocycles. The molecule has 0 radical (unpaired) electrons. The maximum absolute atomic E-state index is 12.4. The Morgan fingerprint density at radius 1 is 1.12 bits per heavy atom. The summed E-state index contributed by atoms with van der Waals surface area (Å²) in [6, 6.07) is 6.20. The Labute approximate surface area is 188 Å². The third kappa shape index (κ3) is 5.03. The Bertz CT molecular complexity index is 948. The zero-order chi connectivity index (χ0) is 22.5. The van der Waals surface area contributed by atoms with Crippen molar-refractivity contribution in [2.45, 2.75) is 64.5 Å². The molecule has 1 aliphatic heterocycles. The van der Waals surface area contributed by atoms with E-state index >= 15 is 0 Å². The van der Waals surface area contributed by atoms with Crippen molar-refractivity contribution in [3.8, 4) is 11.5 Å². The van der Waals surface area contributed by atoms with E-state index in [1.165, 1.54) is 0 Å². The smallest absolute Gasteiger partial charge is 0.276 e. The summed E-state index contributed by atoms with van der Waals surface area (Å²) in [7, 11) is 0. The lowest BCUT2D eigenvalue weighted by molar-refractivity contribution is -0.122. The van der Waals surface area contributed by atoms with Gasteiger partial charge in [0.2, 0.25) is 12.7 Å².